The van der Waals surface area contributed by atoms with E-state index in [1.54, 1.807) is 0 Å². The topological polar surface area (TPSA) is 43.8 Å². The number of hydrogen-bond acceptors (Lipinski definition) is 4. The standard InChI is InChI=1S/C26H37NO.C26H35NO/c2*1-26(2,3)24-13-11-23(12-14-24)25(28)10-7-17-27-18-15-22(16-19-27)20-21-8-5-4-6-9-21/h4-6,8-9,11-14,22,25,28H,7,10,15-20H2,1-3H3;4-6,8-9,11-14,22H,7,10,15-20H2,1-3H3. The molecule has 0 aromatic heterocycles. The molecule has 4 aromatic carbocycles. The van der Waals surface area contributed by atoms with E-state index in [1.165, 1.54) is 87.0 Å². The lowest BCUT2D eigenvalue weighted by Crippen LogP contribution is -2.35. The first-order valence-corrected chi connectivity index (χ1v) is 21.8. The van der Waals surface area contributed by atoms with E-state index in [-0.39, 0.29) is 22.7 Å². The Labute approximate surface area is 340 Å². The first-order valence-electron chi connectivity index (χ1n) is 21.8. The Morgan fingerprint density at radius 3 is 1.43 bits per heavy atom. The quantitative estimate of drug-likeness (QED) is 0.130. The molecule has 0 aliphatic carbocycles. The van der Waals surface area contributed by atoms with Crippen molar-refractivity contribution in [2.24, 2.45) is 11.8 Å². The summed E-state index contributed by atoms with van der Waals surface area (Å²) >= 11 is 0. The van der Waals surface area contributed by atoms with Gasteiger partial charge in [-0.1, -0.05) is 151 Å². The molecule has 1 unspecified atom stereocenters. The zero-order valence-corrected chi connectivity index (χ0v) is 35.7. The number of benzene rings is 4. The monoisotopic (exact) mass is 757 g/mol. The van der Waals surface area contributed by atoms with Crippen molar-refractivity contribution in [2.75, 3.05) is 39.3 Å². The second-order valence-electron chi connectivity index (χ2n) is 18.8. The number of Topliss-reactive ketones (excluding diaryl/α,β-unsaturated/α-hetero) is 1. The third kappa shape index (κ3) is 14.4. The van der Waals surface area contributed by atoms with Crippen molar-refractivity contribution in [3.63, 3.8) is 0 Å². The Hall–Kier alpha value is -3.57. The summed E-state index contributed by atoms with van der Waals surface area (Å²) in [6.45, 7) is 20.2. The molecule has 6 rings (SSSR count). The molecule has 4 heteroatoms. The molecular formula is C52H72N2O2. The van der Waals surface area contributed by atoms with Gasteiger partial charge in [-0.2, -0.15) is 0 Å². The van der Waals surface area contributed by atoms with Crippen molar-refractivity contribution in [3.8, 4) is 0 Å². The predicted molar refractivity (Wildman–Crippen MR) is 237 cm³/mol. The van der Waals surface area contributed by atoms with Gasteiger partial charge in [0.2, 0.25) is 0 Å². The number of piperidine rings is 2. The fraction of sp³-hybridized carbons (Fsp3) is 0.519. The Bertz CT molecular complexity index is 1690. The molecule has 0 saturated carbocycles. The third-order valence-electron chi connectivity index (χ3n) is 12.2. The zero-order valence-electron chi connectivity index (χ0n) is 35.7. The van der Waals surface area contributed by atoms with E-state index in [1.807, 2.05) is 12.1 Å². The highest BCUT2D eigenvalue weighted by molar-refractivity contribution is 5.96. The van der Waals surface area contributed by atoms with Crippen molar-refractivity contribution in [3.05, 3.63) is 143 Å². The minimum absolute atomic E-state index is 0.133. The summed E-state index contributed by atoms with van der Waals surface area (Å²) in [6, 6.07) is 38.5. The van der Waals surface area contributed by atoms with Crippen molar-refractivity contribution in [1.29, 1.82) is 0 Å². The van der Waals surface area contributed by atoms with Crippen LogP contribution in [0.2, 0.25) is 0 Å². The Morgan fingerprint density at radius 2 is 1.00 bits per heavy atom. The van der Waals surface area contributed by atoms with Crippen LogP contribution >= 0.6 is 0 Å². The smallest absolute Gasteiger partial charge is 0.162 e. The van der Waals surface area contributed by atoms with Crippen LogP contribution in [0.25, 0.3) is 0 Å². The molecule has 0 radical (unpaired) electrons. The molecule has 4 nitrogen and oxygen atoms in total. The van der Waals surface area contributed by atoms with Gasteiger partial charge in [0.1, 0.15) is 0 Å². The maximum absolute atomic E-state index is 12.5. The molecule has 2 saturated heterocycles. The summed E-state index contributed by atoms with van der Waals surface area (Å²) in [4.78, 5) is 17.6. The van der Waals surface area contributed by atoms with E-state index < -0.39 is 0 Å². The average molecular weight is 757 g/mol. The number of aliphatic hydroxyl groups is 1. The molecule has 2 aliphatic heterocycles. The van der Waals surface area contributed by atoms with Gasteiger partial charge in [-0.15, -0.1) is 0 Å². The van der Waals surface area contributed by atoms with Gasteiger partial charge in [0, 0.05) is 12.0 Å². The number of carbonyl (C=O) groups excluding carboxylic acids is 1. The van der Waals surface area contributed by atoms with Crippen LogP contribution in [-0.4, -0.2) is 60.0 Å². The molecular weight excluding hydrogens is 685 g/mol. The first kappa shape index (κ1) is 43.6. The maximum atomic E-state index is 12.5. The van der Waals surface area contributed by atoms with Crippen molar-refractivity contribution in [2.45, 2.75) is 123 Å². The van der Waals surface area contributed by atoms with Gasteiger partial charge in [-0.05, 0) is 148 Å². The van der Waals surface area contributed by atoms with E-state index in [2.05, 4.69) is 148 Å². The number of aliphatic hydroxyl groups excluding tert-OH is 1. The molecule has 4 aromatic rings. The number of nitrogens with zero attached hydrogens (tertiary/aromatic N) is 2. The molecule has 1 N–H and O–H groups in total. The highest BCUT2D eigenvalue weighted by Gasteiger charge is 2.22. The summed E-state index contributed by atoms with van der Waals surface area (Å²) < 4.78 is 0. The van der Waals surface area contributed by atoms with Gasteiger partial charge < -0.3 is 14.9 Å². The lowest BCUT2D eigenvalue weighted by molar-refractivity contribution is 0.0970. The van der Waals surface area contributed by atoms with Gasteiger partial charge in [-0.3, -0.25) is 4.79 Å². The number of carbonyl (C=O) groups is 1. The predicted octanol–water partition coefficient (Wildman–Crippen LogP) is 11.7. The minimum atomic E-state index is -0.343. The van der Waals surface area contributed by atoms with Crippen molar-refractivity contribution >= 4 is 5.78 Å². The van der Waals surface area contributed by atoms with Crippen LogP contribution in [0.4, 0.5) is 0 Å². The lowest BCUT2D eigenvalue weighted by Gasteiger charge is -2.32. The summed E-state index contributed by atoms with van der Waals surface area (Å²) in [6.07, 6.45) is 10.7. The zero-order chi connectivity index (χ0) is 40.0. The van der Waals surface area contributed by atoms with Crippen LogP contribution in [0.15, 0.2) is 109 Å². The molecule has 2 aliphatic rings. The van der Waals surface area contributed by atoms with Gasteiger partial charge in [0.15, 0.2) is 5.78 Å². The average Bonchev–Trinajstić information content (AvgIpc) is 3.20. The second-order valence-corrected chi connectivity index (χ2v) is 18.8. The summed E-state index contributed by atoms with van der Waals surface area (Å²) in [5.41, 5.74) is 7.74. The summed E-state index contributed by atoms with van der Waals surface area (Å²) in [5, 5.41) is 10.5. The van der Waals surface area contributed by atoms with Crippen LogP contribution in [-0.2, 0) is 23.7 Å². The fourth-order valence-electron chi connectivity index (χ4n) is 8.37. The van der Waals surface area contributed by atoms with E-state index in [9.17, 15) is 9.90 Å². The molecule has 2 fully saturated rings. The molecule has 56 heavy (non-hydrogen) atoms. The Morgan fingerprint density at radius 1 is 0.589 bits per heavy atom. The normalized spacial score (nSPS) is 16.9. The van der Waals surface area contributed by atoms with Gasteiger partial charge in [-0.25, -0.2) is 0 Å². The summed E-state index contributed by atoms with van der Waals surface area (Å²) in [5.74, 6) is 1.91. The summed E-state index contributed by atoms with van der Waals surface area (Å²) in [7, 11) is 0. The first-order chi connectivity index (χ1) is 26.8. The Balaban J connectivity index is 0.000000214. The lowest BCUT2D eigenvalue weighted by atomic mass is 9.86. The maximum Gasteiger partial charge on any atom is 0.162 e. The molecule has 2 heterocycles. The number of ketones is 1. The van der Waals surface area contributed by atoms with Crippen LogP contribution in [0.1, 0.15) is 137 Å². The fourth-order valence-corrected chi connectivity index (χ4v) is 8.37. The Kier molecular flexibility index (Phi) is 16.5. The molecule has 0 spiro atoms. The molecule has 302 valence electrons. The van der Waals surface area contributed by atoms with Crippen LogP contribution < -0.4 is 0 Å². The van der Waals surface area contributed by atoms with Gasteiger partial charge in [0.25, 0.3) is 0 Å². The third-order valence-corrected chi connectivity index (χ3v) is 12.2. The van der Waals surface area contributed by atoms with E-state index >= 15 is 0 Å². The largest absolute Gasteiger partial charge is 0.388 e. The van der Waals surface area contributed by atoms with E-state index in [0.717, 1.165) is 55.3 Å². The van der Waals surface area contributed by atoms with Gasteiger partial charge in [0.05, 0.1) is 6.10 Å². The van der Waals surface area contributed by atoms with Gasteiger partial charge >= 0.3 is 0 Å². The molecule has 0 amide bonds. The van der Waals surface area contributed by atoms with Crippen LogP contribution in [0.5, 0.6) is 0 Å². The number of rotatable bonds is 14. The molecule has 0 bridgehead atoms. The second kappa shape index (κ2) is 21.3. The number of hydrogen-bond donors (Lipinski definition) is 1. The van der Waals surface area contributed by atoms with E-state index in [0.29, 0.717) is 6.42 Å². The minimum Gasteiger partial charge on any atom is -0.388 e. The number of likely N-dealkylation sites (tertiary alicyclic amines) is 2. The molecule has 1 atom stereocenters. The van der Waals surface area contributed by atoms with Crippen molar-refractivity contribution < 1.29 is 9.90 Å². The van der Waals surface area contributed by atoms with Crippen LogP contribution in [0, 0.1) is 11.8 Å². The van der Waals surface area contributed by atoms with Crippen LogP contribution in [0.3, 0.4) is 0 Å². The SMILES string of the molecule is CC(C)(C)c1ccc(C(=O)CCCN2CCC(Cc3ccccc3)CC2)cc1.CC(C)(C)c1ccc(C(O)CCCN2CCC(Cc3ccccc3)CC2)cc1. The highest BCUT2D eigenvalue weighted by atomic mass is 16.3. The van der Waals surface area contributed by atoms with E-state index in [4.69, 9.17) is 0 Å². The van der Waals surface area contributed by atoms with Crippen molar-refractivity contribution in [1.82, 2.24) is 9.80 Å². The highest BCUT2D eigenvalue weighted by Crippen LogP contribution is 2.27.